The molecule has 0 spiro atoms. The molecule has 0 atom stereocenters. The summed E-state index contributed by atoms with van der Waals surface area (Å²) >= 11 is 6.13. The summed E-state index contributed by atoms with van der Waals surface area (Å²) in [6, 6.07) is 14.3. The fourth-order valence-corrected chi connectivity index (χ4v) is 2.12. The van der Waals surface area contributed by atoms with Gasteiger partial charge in [-0.25, -0.2) is 0 Å². The molecule has 0 unspecified atom stereocenters. The van der Waals surface area contributed by atoms with Gasteiger partial charge in [-0.05, 0) is 35.9 Å². The molecular formula is C15H16ClNO. The van der Waals surface area contributed by atoms with Crippen molar-refractivity contribution >= 4 is 11.6 Å². The minimum Gasteiger partial charge on any atom is -0.495 e. The third-order valence-electron chi connectivity index (χ3n) is 2.82. The van der Waals surface area contributed by atoms with Gasteiger partial charge < -0.3 is 10.1 Å². The highest BCUT2D eigenvalue weighted by atomic mass is 35.5. The Bertz CT molecular complexity index is 523. The maximum absolute atomic E-state index is 6.13. The van der Waals surface area contributed by atoms with Crippen molar-refractivity contribution < 1.29 is 4.74 Å². The molecule has 1 N–H and O–H groups in total. The first-order valence-electron chi connectivity index (χ1n) is 5.82. The molecule has 0 bridgehead atoms. The van der Waals surface area contributed by atoms with E-state index in [4.69, 9.17) is 16.3 Å². The van der Waals surface area contributed by atoms with Crippen molar-refractivity contribution in [3.05, 3.63) is 53.1 Å². The van der Waals surface area contributed by atoms with Gasteiger partial charge in [-0.2, -0.15) is 0 Å². The van der Waals surface area contributed by atoms with Crippen LogP contribution in [0.15, 0.2) is 42.5 Å². The lowest BCUT2D eigenvalue weighted by Crippen LogP contribution is -2.04. The van der Waals surface area contributed by atoms with Gasteiger partial charge in [0.2, 0.25) is 0 Å². The number of hydrogen-bond acceptors (Lipinski definition) is 2. The molecule has 94 valence electrons. The maximum Gasteiger partial charge on any atom is 0.137 e. The highest BCUT2D eigenvalue weighted by molar-refractivity contribution is 6.32. The largest absolute Gasteiger partial charge is 0.495 e. The molecule has 0 aliphatic carbocycles. The molecule has 0 aromatic heterocycles. The Morgan fingerprint density at radius 3 is 2.28 bits per heavy atom. The van der Waals surface area contributed by atoms with Gasteiger partial charge in [-0.1, -0.05) is 41.9 Å². The van der Waals surface area contributed by atoms with Crippen LogP contribution >= 0.6 is 11.6 Å². The smallest absolute Gasteiger partial charge is 0.137 e. The molecule has 0 aliphatic heterocycles. The molecule has 0 saturated carbocycles. The fourth-order valence-electron chi connectivity index (χ4n) is 1.87. The van der Waals surface area contributed by atoms with E-state index in [2.05, 4.69) is 29.6 Å². The predicted octanol–water partition coefficient (Wildman–Crippen LogP) is 3.74. The van der Waals surface area contributed by atoms with Crippen molar-refractivity contribution in [3.8, 4) is 16.9 Å². The van der Waals surface area contributed by atoms with E-state index in [0.717, 1.165) is 17.7 Å². The van der Waals surface area contributed by atoms with Crippen molar-refractivity contribution in [2.24, 2.45) is 0 Å². The average molecular weight is 262 g/mol. The number of halogens is 1. The van der Waals surface area contributed by atoms with E-state index in [1.54, 1.807) is 7.11 Å². The Balaban J connectivity index is 2.28. The summed E-state index contributed by atoms with van der Waals surface area (Å²) in [6.45, 7) is 0.879. The lowest BCUT2D eigenvalue weighted by Gasteiger charge is -2.07. The molecule has 0 fully saturated rings. The van der Waals surface area contributed by atoms with E-state index in [0.29, 0.717) is 10.8 Å². The SMILES string of the molecule is CNCc1ccc(-c2ccc(OC)c(Cl)c2)cc1. The average Bonchev–Trinajstić information content (AvgIpc) is 2.40. The maximum atomic E-state index is 6.13. The van der Waals surface area contributed by atoms with E-state index in [9.17, 15) is 0 Å². The van der Waals surface area contributed by atoms with Gasteiger partial charge in [0, 0.05) is 6.54 Å². The van der Waals surface area contributed by atoms with Gasteiger partial charge in [-0.3, -0.25) is 0 Å². The number of methoxy groups -OCH3 is 1. The van der Waals surface area contributed by atoms with E-state index in [1.807, 2.05) is 25.2 Å². The normalized spacial score (nSPS) is 10.4. The third kappa shape index (κ3) is 2.84. The van der Waals surface area contributed by atoms with E-state index < -0.39 is 0 Å². The van der Waals surface area contributed by atoms with Gasteiger partial charge in [0.1, 0.15) is 5.75 Å². The zero-order chi connectivity index (χ0) is 13.0. The highest BCUT2D eigenvalue weighted by Gasteiger charge is 2.03. The number of nitrogens with one attached hydrogen (secondary N) is 1. The first kappa shape index (κ1) is 12.9. The van der Waals surface area contributed by atoms with Gasteiger partial charge in [0.05, 0.1) is 12.1 Å². The summed E-state index contributed by atoms with van der Waals surface area (Å²) in [4.78, 5) is 0. The quantitative estimate of drug-likeness (QED) is 0.905. The van der Waals surface area contributed by atoms with Crippen LogP contribution in [0.1, 0.15) is 5.56 Å². The summed E-state index contributed by atoms with van der Waals surface area (Å²) in [6.07, 6.45) is 0. The van der Waals surface area contributed by atoms with Crippen LogP contribution in [0.3, 0.4) is 0 Å². The number of hydrogen-bond donors (Lipinski definition) is 1. The Labute approximate surface area is 113 Å². The number of ether oxygens (including phenoxy) is 1. The monoisotopic (exact) mass is 261 g/mol. The summed E-state index contributed by atoms with van der Waals surface area (Å²) < 4.78 is 5.15. The lowest BCUT2D eigenvalue weighted by molar-refractivity contribution is 0.415. The van der Waals surface area contributed by atoms with Crippen LogP contribution in [0.5, 0.6) is 5.75 Å². The second kappa shape index (κ2) is 5.89. The fraction of sp³-hybridized carbons (Fsp3) is 0.200. The van der Waals surface area contributed by atoms with Crippen LogP contribution in [-0.2, 0) is 6.54 Å². The van der Waals surface area contributed by atoms with E-state index in [-0.39, 0.29) is 0 Å². The van der Waals surface area contributed by atoms with Gasteiger partial charge >= 0.3 is 0 Å². The number of benzene rings is 2. The minimum absolute atomic E-state index is 0.634. The van der Waals surface area contributed by atoms with Crippen LogP contribution in [0.25, 0.3) is 11.1 Å². The van der Waals surface area contributed by atoms with Crippen LogP contribution in [-0.4, -0.2) is 14.2 Å². The van der Waals surface area contributed by atoms with Gasteiger partial charge in [0.25, 0.3) is 0 Å². The molecule has 0 heterocycles. The van der Waals surface area contributed by atoms with Gasteiger partial charge in [0.15, 0.2) is 0 Å². The molecular weight excluding hydrogens is 246 g/mol. The van der Waals surface area contributed by atoms with Crippen molar-refractivity contribution in [2.75, 3.05) is 14.2 Å². The molecule has 0 saturated heterocycles. The van der Waals surface area contributed by atoms with Crippen LogP contribution in [0, 0.1) is 0 Å². The topological polar surface area (TPSA) is 21.3 Å². The molecule has 2 rings (SSSR count). The molecule has 0 radical (unpaired) electrons. The Morgan fingerprint density at radius 2 is 1.72 bits per heavy atom. The molecule has 2 nitrogen and oxygen atoms in total. The van der Waals surface area contributed by atoms with E-state index in [1.165, 1.54) is 5.56 Å². The molecule has 0 amide bonds. The molecule has 0 aliphatic rings. The van der Waals surface area contributed by atoms with Gasteiger partial charge in [-0.15, -0.1) is 0 Å². The van der Waals surface area contributed by atoms with Crippen LogP contribution in [0.2, 0.25) is 5.02 Å². The summed E-state index contributed by atoms with van der Waals surface area (Å²) in [5, 5.41) is 3.76. The Morgan fingerprint density at radius 1 is 1.06 bits per heavy atom. The third-order valence-corrected chi connectivity index (χ3v) is 3.12. The van der Waals surface area contributed by atoms with Crippen molar-refractivity contribution in [2.45, 2.75) is 6.54 Å². The number of rotatable bonds is 4. The zero-order valence-electron chi connectivity index (χ0n) is 10.5. The van der Waals surface area contributed by atoms with Crippen molar-refractivity contribution in [1.29, 1.82) is 0 Å². The zero-order valence-corrected chi connectivity index (χ0v) is 11.3. The first-order chi connectivity index (χ1) is 8.74. The first-order valence-corrected chi connectivity index (χ1v) is 6.20. The lowest BCUT2D eigenvalue weighted by atomic mass is 10.0. The second-order valence-corrected chi connectivity index (χ2v) is 4.48. The minimum atomic E-state index is 0.634. The van der Waals surface area contributed by atoms with Crippen LogP contribution in [0.4, 0.5) is 0 Å². The molecule has 2 aromatic carbocycles. The van der Waals surface area contributed by atoms with Crippen molar-refractivity contribution in [3.63, 3.8) is 0 Å². The predicted molar refractivity (Wildman–Crippen MR) is 76.2 cm³/mol. The molecule has 2 aromatic rings. The van der Waals surface area contributed by atoms with E-state index >= 15 is 0 Å². The van der Waals surface area contributed by atoms with Crippen LogP contribution < -0.4 is 10.1 Å². The highest BCUT2D eigenvalue weighted by Crippen LogP contribution is 2.30. The molecule has 3 heteroatoms. The summed E-state index contributed by atoms with van der Waals surface area (Å²) in [5.41, 5.74) is 3.51. The Hall–Kier alpha value is -1.51. The summed E-state index contributed by atoms with van der Waals surface area (Å²) in [7, 11) is 3.56. The standard InChI is InChI=1S/C15H16ClNO/c1-17-10-11-3-5-12(6-4-11)13-7-8-15(18-2)14(16)9-13/h3-9,17H,10H2,1-2H3. The second-order valence-electron chi connectivity index (χ2n) is 4.08. The molecule has 18 heavy (non-hydrogen) atoms. The van der Waals surface area contributed by atoms with Crippen molar-refractivity contribution in [1.82, 2.24) is 5.32 Å². The Kier molecular flexibility index (Phi) is 4.24. The summed E-state index contributed by atoms with van der Waals surface area (Å²) in [5.74, 6) is 0.701.